The molecular weight excluding hydrogens is 362 g/mol. The summed E-state index contributed by atoms with van der Waals surface area (Å²) < 4.78 is 1.17. The molecular formula is C20H21N3O3S. The second-order valence-corrected chi connectivity index (χ2v) is 7.85. The Labute approximate surface area is 161 Å². The standard InChI is InChI=1S/C20H21N3O3S/c1-13-15(14-7-3-4-8-16(14)21-13)11-17-19(25)23(20(26)27-17)12-18(24)22-9-5-2-6-10-22/h3-4,7-8,11,25H,2,5-6,9-10,12H2,1H3/b15-11-. The molecule has 0 spiro atoms. The average molecular weight is 383 g/mol. The molecule has 7 heteroatoms. The van der Waals surface area contributed by atoms with Gasteiger partial charge in [0, 0.05) is 29.9 Å². The van der Waals surface area contributed by atoms with E-state index in [1.54, 1.807) is 11.0 Å². The molecule has 1 N–H and O–H groups in total. The zero-order valence-electron chi connectivity index (χ0n) is 15.1. The van der Waals surface area contributed by atoms with Crippen molar-refractivity contribution in [1.82, 2.24) is 9.47 Å². The van der Waals surface area contributed by atoms with Gasteiger partial charge in [0.25, 0.3) is 0 Å². The molecule has 140 valence electrons. The van der Waals surface area contributed by atoms with Crippen LogP contribution in [-0.4, -0.2) is 39.3 Å². The molecule has 1 aromatic carbocycles. The number of para-hydroxylation sites is 1. The van der Waals surface area contributed by atoms with E-state index in [1.165, 1.54) is 4.57 Å². The van der Waals surface area contributed by atoms with Gasteiger partial charge in [-0.15, -0.1) is 0 Å². The van der Waals surface area contributed by atoms with Crippen LogP contribution >= 0.6 is 11.3 Å². The topological polar surface area (TPSA) is 74.9 Å². The number of hydrogen-bond acceptors (Lipinski definition) is 5. The number of likely N-dealkylation sites (tertiary alicyclic amines) is 1. The first-order chi connectivity index (χ1) is 13.0. The molecule has 0 aliphatic carbocycles. The second kappa shape index (κ2) is 7.15. The number of rotatable bonds is 3. The third-order valence-corrected chi connectivity index (χ3v) is 5.96. The number of piperidine rings is 1. The molecule has 4 rings (SSSR count). The average Bonchev–Trinajstić information content (AvgIpc) is 3.13. The Morgan fingerprint density at radius 1 is 1.26 bits per heavy atom. The number of benzene rings is 1. The molecule has 1 saturated heterocycles. The minimum absolute atomic E-state index is 0.117. The van der Waals surface area contributed by atoms with Crippen molar-refractivity contribution in [2.75, 3.05) is 13.1 Å². The Morgan fingerprint density at radius 2 is 2.00 bits per heavy atom. The lowest BCUT2D eigenvalue weighted by Gasteiger charge is -2.26. The fraction of sp³-hybridized carbons (Fsp3) is 0.350. The maximum Gasteiger partial charge on any atom is 0.311 e. The fourth-order valence-electron chi connectivity index (χ4n) is 3.57. The lowest BCUT2D eigenvalue weighted by molar-refractivity contribution is -0.132. The van der Waals surface area contributed by atoms with E-state index < -0.39 is 0 Å². The van der Waals surface area contributed by atoms with Crippen LogP contribution in [-0.2, 0) is 11.3 Å². The first-order valence-electron chi connectivity index (χ1n) is 9.12. The van der Waals surface area contributed by atoms with Crippen molar-refractivity contribution in [1.29, 1.82) is 0 Å². The molecule has 0 atom stereocenters. The van der Waals surface area contributed by atoms with E-state index >= 15 is 0 Å². The Hall–Kier alpha value is -2.67. The summed E-state index contributed by atoms with van der Waals surface area (Å²) in [5, 5.41) is 10.6. The third-order valence-electron chi connectivity index (χ3n) is 5.04. The summed E-state index contributed by atoms with van der Waals surface area (Å²) in [6.45, 7) is 3.24. The number of allylic oxidation sites excluding steroid dienone is 1. The van der Waals surface area contributed by atoms with Crippen LogP contribution in [0.5, 0.6) is 5.88 Å². The van der Waals surface area contributed by atoms with E-state index in [9.17, 15) is 14.7 Å². The summed E-state index contributed by atoms with van der Waals surface area (Å²) in [6.07, 6.45) is 4.90. The number of aliphatic imine (C=N–C) groups is 1. The van der Waals surface area contributed by atoms with Crippen molar-refractivity contribution in [2.24, 2.45) is 4.99 Å². The molecule has 0 bridgehead atoms. The van der Waals surface area contributed by atoms with Crippen molar-refractivity contribution >= 4 is 40.3 Å². The number of fused-ring (bicyclic) bond motifs is 1. The Kier molecular flexibility index (Phi) is 4.70. The SMILES string of the molecule is CC1=Nc2ccccc2/C1=C\c1sc(=O)n(CC(=O)N2CCCCC2)c1O. The highest BCUT2D eigenvalue weighted by molar-refractivity contribution is 7.10. The van der Waals surface area contributed by atoms with Crippen LogP contribution in [0.25, 0.3) is 11.6 Å². The molecule has 0 saturated carbocycles. The van der Waals surface area contributed by atoms with E-state index in [-0.39, 0.29) is 23.2 Å². The predicted octanol–water partition coefficient (Wildman–Crippen LogP) is 3.27. The number of carbonyl (C=O) groups excluding carboxylic acids is 1. The van der Waals surface area contributed by atoms with Gasteiger partial charge in [0.15, 0.2) is 0 Å². The zero-order chi connectivity index (χ0) is 19.0. The maximum absolute atomic E-state index is 12.5. The van der Waals surface area contributed by atoms with Crippen LogP contribution in [0.4, 0.5) is 5.69 Å². The number of nitrogens with zero attached hydrogens (tertiary/aromatic N) is 3. The van der Waals surface area contributed by atoms with Crippen molar-refractivity contribution in [3.63, 3.8) is 0 Å². The van der Waals surface area contributed by atoms with Crippen LogP contribution in [0.15, 0.2) is 34.1 Å². The van der Waals surface area contributed by atoms with E-state index in [0.717, 1.165) is 66.2 Å². The summed E-state index contributed by atoms with van der Waals surface area (Å²) in [5.74, 6) is -0.270. The van der Waals surface area contributed by atoms with Gasteiger partial charge >= 0.3 is 4.87 Å². The highest BCUT2D eigenvalue weighted by Gasteiger charge is 2.22. The Morgan fingerprint density at radius 3 is 2.78 bits per heavy atom. The molecule has 6 nitrogen and oxygen atoms in total. The summed E-state index contributed by atoms with van der Waals surface area (Å²) in [4.78, 5) is 31.3. The third kappa shape index (κ3) is 3.35. The van der Waals surface area contributed by atoms with E-state index in [4.69, 9.17) is 0 Å². The molecule has 2 aliphatic rings. The van der Waals surface area contributed by atoms with Gasteiger partial charge in [-0.1, -0.05) is 29.5 Å². The summed E-state index contributed by atoms with van der Waals surface area (Å²) >= 11 is 0.948. The Bertz CT molecular complexity index is 1010. The summed E-state index contributed by atoms with van der Waals surface area (Å²) in [7, 11) is 0. The number of aromatic hydroxyl groups is 1. The van der Waals surface area contributed by atoms with Gasteiger partial charge in [-0.25, -0.2) is 0 Å². The number of thiazole rings is 1. The normalized spacial score (nSPS) is 17.9. The number of carbonyl (C=O) groups is 1. The van der Waals surface area contributed by atoms with Gasteiger partial charge < -0.3 is 10.0 Å². The van der Waals surface area contributed by atoms with Gasteiger partial charge in [-0.05, 0) is 38.3 Å². The molecule has 1 amide bonds. The molecule has 1 aromatic heterocycles. The minimum atomic E-state index is -0.328. The number of amides is 1. The van der Waals surface area contributed by atoms with Crippen molar-refractivity contribution < 1.29 is 9.90 Å². The van der Waals surface area contributed by atoms with Crippen LogP contribution < -0.4 is 4.87 Å². The quantitative estimate of drug-likeness (QED) is 0.884. The smallest absolute Gasteiger partial charge is 0.311 e. The van der Waals surface area contributed by atoms with E-state index in [2.05, 4.69) is 4.99 Å². The second-order valence-electron chi connectivity index (χ2n) is 6.86. The van der Waals surface area contributed by atoms with Gasteiger partial charge in [-0.2, -0.15) is 0 Å². The highest BCUT2D eigenvalue weighted by atomic mass is 32.1. The first-order valence-corrected chi connectivity index (χ1v) is 9.93. The van der Waals surface area contributed by atoms with Gasteiger partial charge in [0.1, 0.15) is 6.54 Å². The van der Waals surface area contributed by atoms with Crippen molar-refractivity contribution in [3.05, 3.63) is 44.4 Å². The van der Waals surface area contributed by atoms with Crippen LogP contribution in [0.1, 0.15) is 36.6 Å². The van der Waals surface area contributed by atoms with Gasteiger partial charge in [0.2, 0.25) is 11.8 Å². The highest BCUT2D eigenvalue weighted by Crippen LogP contribution is 2.37. The summed E-state index contributed by atoms with van der Waals surface area (Å²) in [5.41, 5.74) is 3.59. The van der Waals surface area contributed by atoms with Gasteiger partial charge in [-0.3, -0.25) is 19.1 Å². The van der Waals surface area contributed by atoms with Crippen LogP contribution in [0, 0.1) is 0 Å². The molecule has 1 fully saturated rings. The molecule has 3 heterocycles. The minimum Gasteiger partial charge on any atom is -0.493 e. The Balaban J connectivity index is 1.63. The van der Waals surface area contributed by atoms with Crippen molar-refractivity contribution in [3.8, 4) is 5.88 Å². The van der Waals surface area contributed by atoms with Crippen molar-refractivity contribution in [2.45, 2.75) is 32.7 Å². The summed E-state index contributed by atoms with van der Waals surface area (Å²) in [6, 6.07) is 7.77. The largest absolute Gasteiger partial charge is 0.493 e. The van der Waals surface area contributed by atoms with E-state index in [0.29, 0.717) is 4.88 Å². The van der Waals surface area contributed by atoms with Crippen LogP contribution in [0.2, 0.25) is 0 Å². The molecule has 0 radical (unpaired) electrons. The van der Waals surface area contributed by atoms with E-state index in [1.807, 2.05) is 31.2 Å². The lowest BCUT2D eigenvalue weighted by atomic mass is 10.0. The lowest BCUT2D eigenvalue weighted by Crippen LogP contribution is -2.38. The molecule has 0 unspecified atom stereocenters. The van der Waals surface area contributed by atoms with Gasteiger partial charge in [0.05, 0.1) is 10.6 Å². The first kappa shape index (κ1) is 17.7. The molecule has 2 aromatic rings. The fourth-order valence-corrected chi connectivity index (χ4v) is 4.40. The maximum atomic E-state index is 12.5. The molecule has 2 aliphatic heterocycles. The number of aromatic nitrogens is 1. The zero-order valence-corrected chi connectivity index (χ0v) is 16.0. The predicted molar refractivity (Wildman–Crippen MR) is 108 cm³/mol. The number of hydrogen-bond donors (Lipinski definition) is 1. The molecule has 27 heavy (non-hydrogen) atoms. The monoisotopic (exact) mass is 383 g/mol. The van der Waals surface area contributed by atoms with Crippen LogP contribution in [0.3, 0.4) is 0 Å².